The monoisotopic (exact) mass is 475 g/mol. The number of amides is 1. The SMILES string of the molecule is Cc1nc(Cc2cc(F)cc(Cl)c2)sc1NC(=O)c1nc(-c2ccc(Cl)cc2)oc1C. The maximum Gasteiger partial charge on any atom is 0.278 e. The molecule has 31 heavy (non-hydrogen) atoms. The van der Waals surface area contributed by atoms with Crippen molar-refractivity contribution in [2.75, 3.05) is 5.32 Å². The van der Waals surface area contributed by atoms with E-state index in [1.165, 1.54) is 23.5 Å². The van der Waals surface area contributed by atoms with E-state index in [9.17, 15) is 9.18 Å². The largest absolute Gasteiger partial charge is 0.441 e. The van der Waals surface area contributed by atoms with Crippen LogP contribution >= 0.6 is 34.5 Å². The molecule has 0 fully saturated rings. The second kappa shape index (κ2) is 8.78. The fraction of sp³-hybridized carbons (Fsp3) is 0.136. The summed E-state index contributed by atoms with van der Waals surface area (Å²) in [6.45, 7) is 3.48. The van der Waals surface area contributed by atoms with Gasteiger partial charge in [0, 0.05) is 22.0 Å². The van der Waals surface area contributed by atoms with E-state index in [0.717, 1.165) is 10.6 Å². The summed E-state index contributed by atoms with van der Waals surface area (Å²) in [6, 6.07) is 11.4. The van der Waals surface area contributed by atoms with Crippen LogP contribution in [0.1, 0.15) is 32.5 Å². The number of aryl methyl sites for hydroxylation is 2. The number of nitrogens with one attached hydrogen (secondary N) is 1. The van der Waals surface area contributed by atoms with E-state index in [0.29, 0.717) is 44.4 Å². The lowest BCUT2D eigenvalue weighted by molar-refractivity contribution is 0.102. The Labute approximate surface area is 191 Å². The van der Waals surface area contributed by atoms with E-state index in [1.54, 1.807) is 44.2 Å². The highest BCUT2D eigenvalue weighted by Crippen LogP contribution is 2.29. The highest BCUT2D eigenvalue weighted by molar-refractivity contribution is 7.16. The third-order valence-corrected chi connectivity index (χ3v) is 5.99. The van der Waals surface area contributed by atoms with Crippen LogP contribution < -0.4 is 5.32 Å². The fourth-order valence-electron chi connectivity index (χ4n) is 3.02. The topological polar surface area (TPSA) is 68.0 Å². The van der Waals surface area contributed by atoms with Gasteiger partial charge >= 0.3 is 0 Å². The van der Waals surface area contributed by atoms with Gasteiger partial charge in [0.25, 0.3) is 5.91 Å². The molecule has 1 amide bonds. The Morgan fingerprint density at radius 2 is 1.84 bits per heavy atom. The molecule has 2 heterocycles. The van der Waals surface area contributed by atoms with E-state index in [4.69, 9.17) is 27.6 Å². The first-order valence-corrected chi connectivity index (χ1v) is 10.8. The molecule has 0 unspecified atom stereocenters. The summed E-state index contributed by atoms with van der Waals surface area (Å²) in [7, 11) is 0. The quantitative estimate of drug-likeness (QED) is 0.348. The Balaban J connectivity index is 1.52. The molecule has 0 radical (unpaired) electrons. The fourth-order valence-corrected chi connectivity index (χ4v) is 4.38. The maximum absolute atomic E-state index is 13.6. The first-order valence-electron chi connectivity index (χ1n) is 9.24. The number of rotatable bonds is 5. The van der Waals surface area contributed by atoms with Crippen LogP contribution in [0.3, 0.4) is 0 Å². The normalized spacial score (nSPS) is 11.0. The number of oxazole rings is 1. The first-order chi connectivity index (χ1) is 14.8. The van der Waals surface area contributed by atoms with Crippen molar-refractivity contribution in [1.29, 1.82) is 0 Å². The van der Waals surface area contributed by atoms with Crippen LogP contribution in [0.5, 0.6) is 0 Å². The molecule has 0 saturated carbocycles. The number of thiazole rings is 1. The van der Waals surface area contributed by atoms with Gasteiger partial charge in [-0.25, -0.2) is 14.4 Å². The molecule has 1 N–H and O–H groups in total. The van der Waals surface area contributed by atoms with Crippen LogP contribution in [0, 0.1) is 19.7 Å². The summed E-state index contributed by atoms with van der Waals surface area (Å²) in [4.78, 5) is 21.6. The molecule has 4 rings (SSSR count). The lowest BCUT2D eigenvalue weighted by Crippen LogP contribution is -2.13. The number of anilines is 1. The van der Waals surface area contributed by atoms with Gasteiger partial charge in [0.1, 0.15) is 16.6 Å². The number of nitrogens with zero attached hydrogens (tertiary/aromatic N) is 2. The second-order valence-electron chi connectivity index (χ2n) is 6.86. The number of hydrogen-bond acceptors (Lipinski definition) is 5. The number of aromatic nitrogens is 2. The predicted octanol–water partition coefficient (Wildman–Crippen LogP) is 6.70. The molecule has 0 atom stereocenters. The van der Waals surface area contributed by atoms with Crippen molar-refractivity contribution in [2.45, 2.75) is 20.3 Å². The summed E-state index contributed by atoms with van der Waals surface area (Å²) in [5.74, 6) is -0.0564. The van der Waals surface area contributed by atoms with Gasteiger partial charge in [-0.3, -0.25) is 4.79 Å². The van der Waals surface area contributed by atoms with Crippen molar-refractivity contribution in [1.82, 2.24) is 9.97 Å². The molecule has 0 aliphatic heterocycles. The van der Waals surface area contributed by atoms with Crippen LogP contribution in [0.2, 0.25) is 10.0 Å². The minimum absolute atomic E-state index is 0.191. The van der Waals surface area contributed by atoms with Crippen molar-refractivity contribution < 1.29 is 13.6 Å². The van der Waals surface area contributed by atoms with Crippen molar-refractivity contribution in [3.05, 3.63) is 86.0 Å². The molecule has 0 spiro atoms. The third kappa shape index (κ3) is 4.95. The van der Waals surface area contributed by atoms with Gasteiger partial charge < -0.3 is 9.73 Å². The average molecular weight is 476 g/mol. The van der Waals surface area contributed by atoms with E-state index in [-0.39, 0.29) is 5.69 Å². The number of carbonyl (C=O) groups excluding carboxylic acids is 1. The molecule has 0 bridgehead atoms. The maximum atomic E-state index is 13.6. The zero-order chi connectivity index (χ0) is 22.1. The lowest BCUT2D eigenvalue weighted by Gasteiger charge is -2.01. The molecule has 2 aromatic carbocycles. The molecule has 9 heteroatoms. The van der Waals surface area contributed by atoms with Crippen LogP contribution in [-0.2, 0) is 6.42 Å². The zero-order valence-electron chi connectivity index (χ0n) is 16.5. The molecule has 0 saturated heterocycles. The van der Waals surface area contributed by atoms with Gasteiger partial charge in [0.15, 0.2) is 5.69 Å². The van der Waals surface area contributed by atoms with Crippen molar-refractivity contribution in [3.8, 4) is 11.5 Å². The van der Waals surface area contributed by atoms with Gasteiger partial charge in [0.2, 0.25) is 5.89 Å². The van der Waals surface area contributed by atoms with E-state index in [1.807, 2.05) is 0 Å². The highest BCUT2D eigenvalue weighted by Gasteiger charge is 2.20. The number of benzene rings is 2. The summed E-state index contributed by atoms with van der Waals surface area (Å²) < 4.78 is 19.2. The minimum atomic E-state index is -0.401. The Bertz CT molecular complexity index is 1250. The molecule has 4 aromatic rings. The Hall–Kier alpha value is -2.74. The Morgan fingerprint density at radius 1 is 1.10 bits per heavy atom. The summed E-state index contributed by atoms with van der Waals surface area (Å²) in [6.07, 6.45) is 0.405. The summed E-state index contributed by atoms with van der Waals surface area (Å²) in [5, 5.41) is 5.10. The molecule has 2 aromatic heterocycles. The predicted molar refractivity (Wildman–Crippen MR) is 121 cm³/mol. The van der Waals surface area contributed by atoms with Crippen molar-refractivity contribution in [3.63, 3.8) is 0 Å². The van der Waals surface area contributed by atoms with E-state index in [2.05, 4.69) is 15.3 Å². The van der Waals surface area contributed by atoms with Gasteiger partial charge in [-0.15, -0.1) is 11.3 Å². The first kappa shape index (κ1) is 21.5. The Kier molecular flexibility index (Phi) is 6.09. The second-order valence-corrected chi connectivity index (χ2v) is 8.82. The number of hydrogen-bond donors (Lipinski definition) is 1. The molecular formula is C22H16Cl2FN3O2S. The zero-order valence-corrected chi connectivity index (χ0v) is 18.8. The van der Waals surface area contributed by atoms with Crippen LogP contribution in [0.4, 0.5) is 9.39 Å². The number of carbonyl (C=O) groups is 1. The summed E-state index contributed by atoms with van der Waals surface area (Å²) in [5.41, 5.74) is 2.28. The molecular weight excluding hydrogens is 460 g/mol. The average Bonchev–Trinajstić information content (AvgIpc) is 3.24. The highest BCUT2D eigenvalue weighted by atomic mass is 35.5. The van der Waals surface area contributed by atoms with E-state index < -0.39 is 11.7 Å². The minimum Gasteiger partial charge on any atom is -0.441 e. The van der Waals surface area contributed by atoms with Crippen LogP contribution in [-0.4, -0.2) is 15.9 Å². The van der Waals surface area contributed by atoms with Crippen LogP contribution in [0.15, 0.2) is 46.9 Å². The van der Waals surface area contributed by atoms with E-state index >= 15 is 0 Å². The number of halogens is 3. The Morgan fingerprint density at radius 3 is 2.55 bits per heavy atom. The molecule has 5 nitrogen and oxygen atoms in total. The van der Waals surface area contributed by atoms with Crippen LogP contribution in [0.25, 0.3) is 11.5 Å². The van der Waals surface area contributed by atoms with Gasteiger partial charge in [-0.05, 0) is 61.9 Å². The third-order valence-electron chi connectivity index (χ3n) is 4.45. The van der Waals surface area contributed by atoms with Crippen molar-refractivity contribution >= 4 is 45.4 Å². The van der Waals surface area contributed by atoms with Gasteiger partial charge in [-0.1, -0.05) is 23.2 Å². The standard InChI is InChI=1S/C22H16Cl2FN3O2S/c1-11-22(31-18(26-11)9-13-7-16(24)10-17(25)8-13)28-20(29)19-12(2)30-21(27-19)14-3-5-15(23)6-4-14/h3-8,10H,9H2,1-2H3,(H,28,29). The lowest BCUT2D eigenvalue weighted by atomic mass is 10.1. The smallest absolute Gasteiger partial charge is 0.278 e. The van der Waals surface area contributed by atoms with Gasteiger partial charge in [0.05, 0.1) is 10.7 Å². The molecule has 158 valence electrons. The van der Waals surface area contributed by atoms with Gasteiger partial charge in [-0.2, -0.15) is 0 Å². The summed E-state index contributed by atoms with van der Waals surface area (Å²) >= 11 is 13.2. The molecule has 0 aliphatic rings. The van der Waals surface area contributed by atoms with Crippen molar-refractivity contribution in [2.24, 2.45) is 0 Å². The molecule has 0 aliphatic carbocycles.